The number of hydrogen-bond acceptors (Lipinski definition) is 5. The number of methoxy groups -OCH3 is 3. The Morgan fingerprint density at radius 2 is 1.77 bits per heavy atom. The van der Waals surface area contributed by atoms with Crippen molar-refractivity contribution in [2.24, 2.45) is 0 Å². The van der Waals surface area contributed by atoms with Crippen LogP contribution in [-0.2, 0) is 11.3 Å². The van der Waals surface area contributed by atoms with Crippen molar-refractivity contribution in [3.63, 3.8) is 0 Å². The lowest BCUT2D eigenvalue weighted by Gasteiger charge is -2.25. The lowest BCUT2D eigenvalue weighted by molar-refractivity contribution is 0.0600. The van der Waals surface area contributed by atoms with Crippen molar-refractivity contribution in [2.45, 2.75) is 25.4 Å². The summed E-state index contributed by atoms with van der Waals surface area (Å²) >= 11 is 0. The highest BCUT2D eigenvalue weighted by Gasteiger charge is 2.26. The first-order valence-electron chi connectivity index (χ1n) is 8.79. The average molecular weight is 355 g/mol. The van der Waals surface area contributed by atoms with Gasteiger partial charge in [-0.15, -0.1) is 0 Å². The second-order valence-electron chi connectivity index (χ2n) is 6.43. The van der Waals surface area contributed by atoms with Crippen LogP contribution < -0.4 is 9.47 Å². The first-order chi connectivity index (χ1) is 12.7. The second kappa shape index (κ2) is 8.23. The van der Waals surface area contributed by atoms with Crippen LogP contribution in [0.25, 0.3) is 0 Å². The Morgan fingerprint density at radius 1 is 1.04 bits per heavy atom. The summed E-state index contributed by atoms with van der Waals surface area (Å²) in [7, 11) is 4.71. The molecule has 1 aliphatic rings. The molecule has 5 heteroatoms. The van der Waals surface area contributed by atoms with Gasteiger partial charge in [-0.05, 0) is 54.8 Å². The van der Waals surface area contributed by atoms with E-state index in [2.05, 4.69) is 17.0 Å². The summed E-state index contributed by atoms with van der Waals surface area (Å²) in [5, 5.41) is 0. The fourth-order valence-electron chi connectivity index (χ4n) is 3.55. The molecule has 5 nitrogen and oxygen atoms in total. The van der Waals surface area contributed by atoms with Crippen LogP contribution in [0.3, 0.4) is 0 Å². The number of carbonyl (C=O) groups excluding carboxylic acids is 1. The molecule has 1 aliphatic heterocycles. The van der Waals surface area contributed by atoms with Crippen LogP contribution in [0.5, 0.6) is 11.5 Å². The van der Waals surface area contributed by atoms with Gasteiger partial charge in [0.2, 0.25) is 0 Å². The Labute approximate surface area is 154 Å². The van der Waals surface area contributed by atoms with Gasteiger partial charge in [0.15, 0.2) is 11.5 Å². The molecule has 0 spiro atoms. The van der Waals surface area contributed by atoms with Gasteiger partial charge in [0.1, 0.15) is 0 Å². The minimum Gasteiger partial charge on any atom is -0.493 e. The van der Waals surface area contributed by atoms with Crippen LogP contribution in [0.2, 0.25) is 0 Å². The van der Waals surface area contributed by atoms with E-state index in [4.69, 9.17) is 14.2 Å². The molecule has 2 aromatic rings. The van der Waals surface area contributed by atoms with Crippen molar-refractivity contribution in [3.05, 3.63) is 59.2 Å². The molecular formula is C21H25NO4. The molecule has 3 rings (SSSR count). The quantitative estimate of drug-likeness (QED) is 0.737. The number of benzene rings is 2. The van der Waals surface area contributed by atoms with Gasteiger partial charge in [0.05, 0.1) is 26.9 Å². The summed E-state index contributed by atoms with van der Waals surface area (Å²) in [6, 6.07) is 14.1. The van der Waals surface area contributed by atoms with Crippen LogP contribution in [0.4, 0.5) is 0 Å². The van der Waals surface area contributed by atoms with Crippen molar-refractivity contribution in [1.82, 2.24) is 4.90 Å². The molecule has 138 valence electrons. The van der Waals surface area contributed by atoms with Crippen LogP contribution in [0.1, 0.15) is 40.4 Å². The van der Waals surface area contributed by atoms with E-state index in [1.807, 2.05) is 30.3 Å². The predicted molar refractivity (Wildman–Crippen MR) is 99.7 cm³/mol. The van der Waals surface area contributed by atoms with Crippen molar-refractivity contribution < 1.29 is 19.0 Å². The highest BCUT2D eigenvalue weighted by Crippen LogP contribution is 2.37. The molecule has 1 atom stereocenters. The normalized spacial score (nSPS) is 17.1. The van der Waals surface area contributed by atoms with E-state index >= 15 is 0 Å². The Hall–Kier alpha value is -2.53. The molecule has 0 saturated carbocycles. The van der Waals surface area contributed by atoms with Gasteiger partial charge in [-0.3, -0.25) is 4.90 Å². The topological polar surface area (TPSA) is 48.0 Å². The van der Waals surface area contributed by atoms with Crippen molar-refractivity contribution >= 4 is 5.97 Å². The fourth-order valence-corrected chi connectivity index (χ4v) is 3.55. The zero-order chi connectivity index (χ0) is 18.5. The Balaban J connectivity index is 1.75. The van der Waals surface area contributed by atoms with E-state index < -0.39 is 0 Å². The molecule has 2 aromatic carbocycles. The number of hydrogen-bond donors (Lipinski definition) is 0. The standard InChI is InChI=1S/C21H25NO4/c1-24-19-11-10-17(13-20(19)25-2)18-5-4-12-22(18)14-15-6-8-16(9-7-15)21(23)26-3/h6-11,13,18H,4-5,12,14H2,1-3H3/t18-/m0/s1. The Kier molecular flexibility index (Phi) is 5.78. The van der Waals surface area contributed by atoms with Gasteiger partial charge in [-0.25, -0.2) is 4.79 Å². The van der Waals surface area contributed by atoms with Crippen molar-refractivity contribution in [2.75, 3.05) is 27.9 Å². The van der Waals surface area contributed by atoms with E-state index in [0.717, 1.165) is 31.0 Å². The van der Waals surface area contributed by atoms with Crippen LogP contribution >= 0.6 is 0 Å². The number of esters is 1. The Bertz CT molecular complexity index is 757. The molecular weight excluding hydrogens is 330 g/mol. The fraction of sp³-hybridized carbons (Fsp3) is 0.381. The molecule has 1 heterocycles. The van der Waals surface area contributed by atoms with E-state index in [1.165, 1.54) is 24.7 Å². The zero-order valence-corrected chi connectivity index (χ0v) is 15.5. The number of rotatable bonds is 6. The molecule has 0 aromatic heterocycles. The number of likely N-dealkylation sites (tertiary alicyclic amines) is 1. The number of nitrogens with zero attached hydrogens (tertiary/aromatic N) is 1. The predicted octanol–water partition coefficient (Wildman–Crippen LogP) is 3.83. The Morgan fingerprint density at radius 3 is 2.42 bits per heavy atom. The van der Waals surface area contributed by atoms with Crippen LogP contribution in [0.15, 0.2) is 42.5 Å². The minimum absolute atomic E-state index is 0.305. The molecule has 0 amide bonds. The maximum absolute atomic E-state index is 11.6. The first-order valence-corrected chi connectivity index (χ1v) is 8.79. The minimum atomic E-state index is -0.305. The highest BCUT2D eigenvalue weighted by molar-refractivity contribution is 5.89. The summed E-state index contributed by atoms with van der Waals surface area (Å²) in [5.41, 5.74) is 3.01. The van der Waals surface area contributed by atoms with Gasteiger partial charge in [0, 0.05) is 12.6 Å². The SMILES string of the molecule is COC(=O)c1ccc(CN2CCC[C@H]2c2ccc(OC)c(OC)c2)cc1. The molecule has 0 radical (unpaired) electrons. The van der Waals surface area contributed by atoms with Gasteiger partial charge in [-0.2, -0.15) is 0 Å². The third-order valence-electron chi connectivity index (χ3n) is 4.92. The molecule has 0 aliphatic carbocycles. The second-order valence-corrected chi connectivity index (χ2v) is 6.43. The maximum atomic E-state index is 11.6. The lowest BCUT2D eigenvalue weighted by atomic mass is 10.0. The van der Waals surface area contributed by atoms with E-state index in [-0.39, 0.29) is 5.97 Å². The number of carbonyl (C=O) groups is 1. The largest absolute Gasteiger partial charge is 0.493 e. The van der Waals surface area contributed by atoms with Crippen molar-refractivity contribution in [3.8, 4) is 11.5 Å². The summed E-state index contributed by atoms with van der Waals surface area (Å²) < 4.78 is 15.5. The average Bonchev–Trinajstić information content (AvgIpc) is 3.15. The summed E-state index contributed by atoms with van der Waals surface area (Å²) in [5.74, 6) is 1.21. The summed E-state index contributed by atoms with van der Waals surface area (Å²) in [6.45, 7) is 1.90. The smallest absolute Gasteiger partial charge is 0.337 e. The van der Waals surface area contributed by atoms with Crippen molar-refractivity contribution in [1.29, 1.82) is 0 Å². The molecule has 0 bridgehead atoms. The summed E-state index contributed by atoms with van der Waals surface area (Å²) in [4.78, 5) is 14.0. The molecule has 0 unspecified atom stereocenters. The monoisotopic (exact) mass is 355 g/mol. The third-order valence-corrected chi connectivity index (χ3v) is 4.92. The number of ether oxygens (including phenoxy) is 3. The molecule has 0 N–H and O–H groups in total. The van der Waals surface area contributed by atoms with E-state index in [9.17, 15) is 4.79 Å². The lowest BCUT2D eigenvalue weighted by Crippen LogP contribution is -2.22. The van der Waals surface area contributed by atoms with Gasteiger partial charge in [0.25, 0.3) is 0 Å². The first kappa shape index (κ1) is 18.3. The van der Waals surface area contributed by atoms with Gasteiger partial charge >= 0.3 is 5.97 Å². The molecule has 26 heavy (non-hydrogen) atoms. The molecule has 1 fully saturated rings. The zero-order valence-electron chi connectivity index (χ0n) is 15.5. The third kappa shape index (κ3) is 3.83. The highest BCUT2D eigenvalue weighted by atomic mass is 16.5. The van der Waals surface area contributed by atoms with Gasteiger partial charge < -0.3 is 14.2 Å². The van der Waals surface area contributed by atoms with Gasteiger partial charge in [-0.1, -0.05) is 18.2 Å². The molecule has 1 saturated heterocycles. The summed E-state index contributed by atoms with van der Waals surface area (Å²) in [6.07, 6.45) is 2.29. The maximum Gasteiger partial charge on any atom is 0.337 e. The van der Waals surface area contributed by atoms with E-state index in [1.54, 1.807) is 14.2 Å². The van der Waals surface area contributed by atoms with Crippen LogP contribution in [0, 0.1) is 0 Å². The van der Waals surface area contributed by atoms with Crippen LogP contribution in [-0.4, -0.2) is 38.7 Å². The van der Waals surface area contributed by atoms with E-state index in [0.29, 0.717) is 11.6 Å².